The van der Waals surface area contributed by atoms with Crippen molar-refractivity contribution in [3.05, 3.63) is 47.3 Å². The predicted octanol–water partition coefficient (Wildman–Crippen LogP) is 3.16. The van der Waals surface area contributed by atoms with Crippen molar-refractivity contribution in [3.8, 4) is 0 Å². The summed E-state index contributed by atoms with van der Waals surface area (Å²) in [6.07, 6.45) is 2.07. The van der Waals surface area contributed by atoms with Gasteiger partial charge in [0.15, 0.2) is 0 Å². The van der Waals surface area contributed by atoms with Crippen LogP contribution in [0.5, 0.6) is 0 Å². The minimum Gasteiger partial charge on any atom is -0.379 e. The van der Waals surface area contributed by atoms with E-state index in [1.54, 1.807) is 0 Å². The van der Waals surface area contributed by atoms with Gasteiger partial charge in [-0.05, 0) is 36.6 Å². The van der Waals surface area contributed by atoms with E-state index >= 15 is 0 Å². The molecule has 0 spiro atoms. The first-order valence-corrected chi connectivity index (χ1v) is 6.57. The molecule has 0 atom stereocenters. The van der Waals surface area contributed by atoms with Gasteiger partial charge in [0.25, 0.3) is 0 Å². The summed E-state index contributed by atoms with van der Waals surface area (Å²) in [5.41, 5.74) is 4.89. The molecule has 1 heterocycles. The summed E-state index contributed by atoms with van der Waals surface area (Å²) in [6.45, 7) is 5.11. The number of aryl methyl sites for hydroxylation is 3. The van der Waals surface area contributed by atoms with Crippen molar-refractivity contribution in [2.45, 2.75) is 33.2 Å². The smallest absolute Gasteiger partial charge is 0.0625 e. The van der Waals surface area contributed by atoms with E-state index in [1.165, 1.54) is 11.3 Å². The molecule has 2 rings (SSSR count). The van der Waals surface area contributed by atoms with Crippen LogP contribution in [0.3, 0.4) is 0 Å². The van der Waals surface area contributed by atoms with Gasteiger partial charge in [0.1, 0.15) is 0 Å². The van der Waals surface area contributed by atoms with E-state index in [0.29, 0.717) is 0 Å². The molecule has 0 aliphatic heterocycles. The highest BCUT2D eigenvalue weighted by Gasteiger charge is 2.03. The fourth-order valence-electron chi connectivity index (χ4n) is 1.96. The van der Waals surface area contributed by atoms with Gasteiger partial charge in [-0.2, -0.15) is 5.10 Å². The zero-order valence-corrected chi connectivity index (χ0v) is 11.4. The van der Waals surface area contributed by atoms with Crippen LogP contribution in [-0.4, -0.2) is 9.78 Å². The second-order valence-electron chi connectivity index (χ2n) is 4.51. The molecule has 0 fully saturated rings. The minimum absolute atomic E-state index is 0.814. The number of aromatic nitrogens is 2. The minimum atomic E-state index is 0.814. The van der Waals surface area contributed by atoms with Gasteiger partial charge >= 0.3 is 0 Å². The maximum absolute atomic E-state index is 4.45. The summed E-state index contributed by atoms with van der Waals surface area (Å²) in [5, 5.41) is 7.88. The first-order valence-electron chi connectivity index (χ1n) is 6.57. The molecule has 0 unspecified atom stereocenters. The Kier molecular flexibility index (Phi) is 4.03. The van der Waals surface area contributed by atoms with Crippen LogP contribution in [0.25, 0.3) is 0 Å². The number of nitrogens with zero attached hydrogens (tertiary/aromatic N) is 2. The lowest BCUT2D eigenvalue weighted by atomic mass is 10.1. The van der Waals surface area contributed by atoms with Crippen molar-refractivity contribution in [2.75, 3.05) is 5.32 Å². The number of rotatable bonds is 5. The van der Waals surface area contributed by atoms with E-state index in [-0.39, 0.29) is 0 Å². The quantitative estimate of drug-likeness (QED) is 0.874. The Morgan fingerprint density at radius 1 is 1.11 bits per heavy atom. The van der Waals surface area contributed by atoms with Crippen molar-refractivity contribution in [1.82, 2.24) is 9.78 Å². The molecule has 1 N–H and O–H groups in total. The molecule has 96 valence electrons. The highest BCUT2D eigenvalue weighted by molar-refractivity contribution is 5.44. The number of hydrogen-bond acceptors (Lipinski definition) is 2. The maximum atomic E-state index is 4.45. The topological polar surface area (TPSA) is 29.9 Å². The SMILES string of the molecule is CCc1ccc(NCc2cc(CC)nn2C)cc1. The second kappa shape index (κ2) is 5.71. The summed E-state index contributed by atoms with van der Waals surface area (Å²) >= 11 is 0. The molecule has 18 heavy (non-hydrogen) atoms. The lowest BCUT2D eigenvalue weighted by Gasteiger charge is -2.07. The highest BCUT2D eigenvalue weighted by atomic mass is 15.3. The van der Waals surface area contributed by atoms with Gasteiger partial charge in [-0.25, -0.2) is 0 Å². The summed E-state index contributed by atoms with van der Waals surface area (Å²) in [5.74, 6) is 0. The van der Waals surface area contributed by atoms with E-state index in [1.807, 2.05) is 11.7 Å². The normalized spacial score (nSPS) is 10.6. The molecule has 0 aliphatic carbocycles. The van der Waals surface area contributed by atoms with E-state index in [2.05, 4.69) is 54.6 Å². The molecule has 3 nitrogen and oxygen atoms in total. The standard InChI is InChI=1S/C15H21N3/c1-4-12-6-8-14(9-7-12)16-11-15-10-13(5-2)17-18(15)3/h6-10,16H,4-5,11H2,1-3H3. The molecule has 0 amide bonds. The molecular formula is C15H21N3. The first kappa shape index (κ1) is 12.7. The van der Waals surface area contributed by atoms with Crippen molar-refractivity contribution in [2.24, 2.45) is 7.05 Å². The van der Waals surface area contributed by atoms with Crippen molar-refractivity contribution < 1.29 is 0 Å². The molecular weight excluding hydrogens is 222 g/mol. The number of benzene rings is 1. The van der Waals surface area contributed by atoms with Gasteiger partial charge in [0.2, 0.25) is 0 Å². The number of nitrogens with one attached hydrogen (secondary N) is 1. The zero-order chi connectivity index (χ0) is 13.0. The Morgan fingerprint density at radius 2 is 1.83 bits per heavy atom. The van der Waals surface area contributed by atoms with Crippen LogP contribution >= 0.6 is 0 Å². The number of anilines is 1. The third kappa shape index (κ3) is 2.92. The van der Waals surface area contributed by atoms with Crippen LogP contribution in [-0.2, 0) is 26.4 Å². The van der Waals surface area contributed by atoms with E-state index in [4.69, 9.17) is 0 Å². The molecule has 1 aromatic carbocycles. The molecule has 0 saturated carbocycles. The van der Waals surface area contributed by atoms with E-state index in [0.717, 1.165) is 30.8 Å². The van der Waals surface area contributed by atoms with Gasteiger partial charge in [-0.1, -0.05) is 26.0 Å². The van der Waals surface area contributed by atoms with Crippen LogP contribution in [0, 0.1) is 0 Å². The summed E-state index contributed by atoms with van der Waals surface area (Å²) in [7, 11) is 2.00. The predicted molar refractivity (Wildman–Crippen MR) is 75.7 cm³/mol. The zero-order valence-electron chi connectivity index (χ0n) is 11.4. The van der Waals surface area contributed by atoms with E-state index in [9.17, 15) is 0 Å². The molecule has 0 aliphatic rings. The Hall–Kier alpha value is -1.77. The fraction of sp³-hybridized carbons (Fsp3) is 0.400. The Labute approximate surface area is 109 Å². The molecule has 0 radical (unpaired) electrons. The van der Waals surface area contributed by atoms with Gasteiger partial charge in [0.05, 0.1) is 17.9 Å². The van der Waals surface area contributed by atoms with Crippen LogP contribution in [0.15, 0.2) is 30.3 Å². The Balaban J connectivity index is 1.99. The van der Waals surface area contributed by atoms with Gasteiger partial charge < -0.3 is 5.32 Å². The highest BCUT2D eigenvalue weighted by Crippen LogP contribution is 2.12. The number of hydrogen-bond donors (Lipinski definition) is 1. The van der Waals surface area contributed by atoms with Gasteiger partial charge in [-0.3, -0.25) is 4.68 Å². The van der Waals surface area contributed by atoms with Crippen molar-refractivity contribution in [1.29, 1.82) is 0 Å². The third-order valence-corrected chi connectivity index (χ3v) is 3.23. The average Bonchev–Trinajstić information content (AvgIpc) is 2.77. The summed E-state index contributed by atoms with van der Waals surface area (Å²) in [6, 6.07) is 10.8. The van der Waals surface area contributed by atoms with Gasteiger partial charge in [0, 0.05) is 12.7 Å². The largest absolute Gasteiger partial charge is 0.379 e. The Bertz CT molecular complexity index is 497. The summed E-state index contributed by atoms with van der Waals surface area (Å²) in [4.78, 5) is 0. The average molecular weight is 243 g/mol. The molecule has 1 aromatic heterocycles. The van der Waals surface area contributed by atoms with Crippen LogP contribution in [0.2, 0.25) is 0 Å². The second-order valence-corrected chi connectivity index (χ2v) is 4.51. The van der Waals surface area contributed by atoms with Gasteiger partial charge in [-0.15, -0.1) is 0 Å². The molecule has 2 aromatic rings. The fourth-order valence-corrected chi connectivity index (χ4v) is 1.96. The monoisotopic (exact) mass is 243 g/mol. The summed E-state index contributed by atoms with van der Waals surface area (Å²) < 4.78 is 1.95. The van der Waals surface area contributed by atoms with Crippen LogP contribution in [0.1, 0.15) is 30.8 Å². The van der Waals surface area contributed by atoms with Crippen LogP contribution in [0.4, 0.5) is 5.69 Å². The maximum Gasteiger partial charge on any atom is 0.0625 e. The van der Waals surface area contributed by atoms with Crippen molar-refractivity contribution >= 4 is 5.69 Å². The van der Waals surface area contributed by atoms with E-state index < -0.39 is 0 Å². The molecule has 3 heteroatoms. The van der Waals surface area contributed by atoms with Crippen molar-refractivity contribution in [3.63, 3.8) is 0 Å². The Morgan fingerprint density at radius 3 is 2.39 bits per heavy atom. The first-order chi connectivity index (χ1) is 8.72. The molecule has 0 bridgehead atoms. The lowest BCUT2D eigenvalue weighted by Crippen LogP contribution is -2.05. The van der Waals surface area contributed by atoms with Crippen LogP contribution < -0.4 is 5.32 Å². The molecule has 0 saturated heterocycles. The lowest BCUT2D eigenvalue weighted by molar-refractivity contribution is 0.707. The third-order valence-electron chi connectivity index (χ3n) is 3.23.